The summed E-state index contributed by atoms with van der Waals surface area (Å²) in [4.78, 5) is 25.4. The highest BCUT2D eigenvalue weighted by Crippen LogP contribution is 2.13. The van der Waals surface area contributed by atoms with Crippen molar-refractivity contribution in [1.82, 2.24) is 10.2 Å². The molecule has 6 nitrogen and oxygen atoms in total. The quantitative estimate of drug-likeness (QED) is 0.672. The van der Waals surface area contributed by atoms with E-state index in [0.29, 0.717) is 13.0 Å². The number of likely N-dealkylation sites (N-methyl/N-ethyl adjacent to an activating group) is 1. The monoisotopic (exact) mass is 343 g/mol. The Morgan fingerprint density at radius 2 is 1.79 bits per heavy atom. The van der Waals surface area contributed by atoms with E-state index in [2.05, 4.69) is 17.1 Å². The van der Waals surface area contributed by atoms with Gasteiger partial charge in [0.25, 0.3) is 0 Å². The van der Waals surface area contributed by atoms with Gasteiger partial charge in [0.05, 0.1) is 0 Å². The van der Waals surface area contributed by atoms with Crippen molar-refractivity contribution in [3.05, 3.63) is 0 Å². The molecule has 24 heavy (non-hydrogen) atoms. The number of alkyl carbamates (subject to hydrolysis) is 1. The Morgan fingerprint density at radius 1 is 1.25 bits per heavy atom. The van der Waals surface area contributed by atoms with Gasteiger partial charge in [-0.15, -0.1) is 0 Å². The molecule has 0 saturated heterocycles. The number of ether oxygens (including phenoxy) is 1. The first kappa shape index (κ1) is 22.9. The molecule has 1 amide bonds. The molecule has 142 valence electrons. The Morgan fingerprint density at radius 3 is 2.21 bits per heavy atom. The van der Waals surface area contributed by atoms with Gasteiger partial charge in [-0.2, -0.15) is 0 Å². The van der Waals surface area contributed by atoms with Gasteiger partial charge in [0.1, 0.15) is 11.4 Å². The van der Waals surface area contributed by atoms with Crippen LogP contribution in [0.25, 0.3) is 0 Å². The maximum Gasteiger partial charge on any atom is 0.407 e. The number of nitrogens with zero attached hydrogens (tertiary/aromatic N) is 1. The lowest BCUT2D eigenvalue weighted by atomic mass is 9.94. The van der Waals surface area contributed by atoms with E-state index in [1.807, 2.05) is 41.7 Å². The van der Waals surface area contributed by atoms with Crippen LogP contribution >= 0.6 is 0 Å². The molecule has 0 aliphatic heterocycles. The minimum atomic E-state index is -0.507. The minimum absolute atomic E-state index is 0.00951. The largest absolute Gasteiger partial charge is 0.444 e. The van der Waals surface area contributed by atoms with Crippen LogP contribution in [0.1, 0.15) is 61.3 Å². The van der Waals surface area contributed by atoms with Crippen LogP contribution < -0.4 is 11.1 Å². The molecule has 0 aromatic rings. The molecule has 3 N–H and O–H groups in total. The molecule has 0 aromatic heterocycles. The maximum absolute atomic E-state index is 11.9. The third kappa shape index (κ3) is 9.23. The van der Waals surface area contributed by atoms with Crippen molar-refractivity contribution in [1.29, 1.82) is 0 Å². The Labute approximate surface area is 147 Å². The third-order valence-corrected chi connectivity index (χ3v) is 4.36. The summed E-state index contributed by atoms with van der Waals surface area (Å²) in [6.45, 7) is 13.8. The zero-order chi connectivity index (χ0) is 19.1. The summed E-state index contributed by atoms with van der Waals surface area (Å²) in [5, 5.41) is 2.91. The van der Waals surface area contributed by atoms with Gasteiger partial charge in [-0.3, -0.25) is 4.79 Å². The molecule has 0 heterocycles. The van der Waals surface area contributed by atoms with Gasteiger partial charge in [-0.1, -0.05) is 13.8 Å². The molecular formula is C18H37N3O3. The summed E-state index contributed by atoms with van der Waals surface area (Å²) < 4.78 is 5.31. The number of carbonyl (C=O) groups is 2. The van der Waals surface area contributed by atoms with Crippen molar-refractivity contribution >= 4 is 11.9 Å². The topological polar surface area (TPSA) is 84.7 Å². The van der Waals surface area contributed by atoms with E-state index >= 15 is 0 Å². The number of nitrogens with two attached hydrogens (primary N) is 1. The molecule has 0 fully saturated rings. The number of carbonyl (C=O) groups excluding carboxylic acids is 2. The summed E-state index contributed by atoms with van der Waals surface area (Å²) >= 11 is 0. The smallest absolute Gasteiger partial charge is 0.407 e. The van der Waals surface area contributed by atoms with Crippen LogP contribution in [0.2, 0.25) is 0 Å². The SMILES string of the molecule is CCC(CN(C)C(C)[C@H](N)C[C@@H](C)C(C)=O)NC(=O)OC(C)(C)C. The maximum atomic E-state index is 11.9. The van der Waals surface area contributed by atoms with Gasteiger partial charge < -0.3 is 20.7 Å². The number of hydrogen-bond donors (Lipinski definition) is 2. The van der Waals surface area contributed by atoms with Crippen molar-refractivity contribution in [2.75, 3.05) is 13.6 Å². The zero-order valence-corrected chi connectivity index (χ0v) is 16.7. The fraction of sp³-hybridized carbons (Fsp3) is 0.889. The van der Waals surface area contributed by atoms with E-state index in [0.717, 1.165) is 6.42 Å². The van der Waals surface area contributed by atoms with E-state index in [1.165, 1.54) is 0 Å². The lowest BCUT2D eigenvalue weighted by Gasteiger charge is -2.33. The highest BCUT2D eigenvalue weighted by Gasteiger charge is 2.24. The van der Waals surface area contributed by atoms with Crippen molar-refractivity contribution in [3.63, 3.8) is 0 Å². The number of amides is 1. The Kier molecular flexibility index (Phi) is 9.51. The van der Waals surface area contributed by atoms with E-state index in [4.69, 9.17) is 10.5 Å². The van der Waals surface area contributed by atoms with Crippen molar-refractivity contribution in [2.24, 2.45) is 11.7 Å². The lowest BCUT2D eigenvalue weighted by molar-refractivity contribution is -0.120. The van der Waals surface area contributed by atoms with Gasteiger partial charge >= 0.3 is 6.09 Å². The molecule has 0 radical (unpaired) electrons. The Bertz CT molecular complexity index is 407. The van der Waals surface area contributed by atoms with Crippen LogP contribution in [-0.4, -0.2) is 54.1 Å². The van der Waals surface area contributed by atoms with Gasteiger partial charge in [-0.05, 0) is 54.5 Å². The van der Waals surface area contributed by atoms with Crippen molar-refractivity contribution in [2.45, 2.75) is 85.0 Å². The molecule has 0 bridgehead atoms. The van der Waals surface area contributed by atoms with E-state index < -0.39 is 11.7 Å². The molecular weight excluding hydrogens is 306 g/mol. The zero-order valence-electron chi connectivity index (χ0n) is 16.7. The second-order valence-corrected chi connectivity index (χ2v) is 7.84. The third-order valence-electron chi connectivity index (χ3n) is 4.36. The molecule has 6 heteroatoms. The molecule has 2 unspecified atom stereocenters. The van der Waals surface area contributed by atoms with E-state index in [9.17, 15) is 9.59 Å². The van der Waals surface area contributed by atoms with Gasteiger partial charge in [0.2, 0.25) is 0 Å². The average Bonchev–Trinajstić information content (AvgIpc) is 2.43. The average molecular weight is 344 g/mol. The summed E-state index contributed by atoms with van der Waals surface area (Å²) in [5.74, 6) is 0.135. The molecule has 0 aliphatic rings. The number of rotatable bonds is 9. The van der Waals surface area contributed by atoms with E-state index in [1.54, 1.807) is 6.92 Å². The number of hydrogen-bond acceptors (Lipinski definition) is 5. The highest BCUT2D eigenvalue weighted by atomic mass is 16.6. The molecule has 0 aliphatic carbocycles. The first-order valence-electron chi connectivity index (χ1n) is 8.83. The number of Topliss-reactive ketones (excluding diaryl/α,β-unsaturated/α-hetero) is 1. The molecule has 4 atom stereocenters. The summed E-state index contributed by atoms with van der Waals surface area (Å²) in [5.41, 5.74) is 5.75. The van der Waals surface area contributed by atoms with Crippen LogP contribution in [0, 0.1) is 5.92 Å². The second kappa shape index (κ2) is 9.99. The van der Waals surface area contributed by atoms with E-state index in [-0.39, 0.29) is 29.8 Å². The van der Waals surface area contributed by atoms with Gasteiger partial charge in [-0.25, -0.2) is 4.79 Å². The Hall–Kier alpha value is -1.14. The lowest BCUT2D eigenvalue weighted by Crippen LogP contribution is -2.51. The minimum Gasteiger partial charge on any atom is -0.444 e. The summed E-state index contributed by atoms with van der Waals surface area (Å²) in [6, 6.07) is 0.0129. The normalized spacial score (nSPS) is 17.1. The van der Waals surface area contributed by atoms with Crippen LogP contribution in [0.4, 0.5) is 4.79 Å². The molecule has 0 aromatic carbocycles. The number of nitrogens with one attached hydrogen (secondary N) is 1. The first-order chi connectivity index (χ1) is 10.9. The molecule has 0 saturated carbocycles. The van der Waals surface area contributed by atoms with Crippen molar-refractivity contribution < 1.29 is 14.3 Å². The second-order valence-electron chi connectivity index (χ2n) is 7.84. The summed E-state index contributed by atoms with van der Waals surface area (Å²) in [7, 11) is 1.99. The predicted octanol–water partition coefficient (Wildman–Crippen LogP) is 2.55. The van der Waals surface area contributed by atoms with Crippen LogP contribution in [0.3, 0.4) is 0 Å². The Balaban J connectivity index is 4.55. The highest BCUT2D eigenvalue weighted by molar-refractivity contribution is 5.77. The van der Waals surface area contributed by atoms with Crippen LogP contribution in [0.15, 0.2) is 0 Å². The van der Waals surface area contributed by atoms with Crippen molar-refractivity contribution in [3.8, 4) is 0 Å². The number of ketones is 1. The predicted molar refractivity (Wildman–Crippen MR) is 98.0 cm³/mol. The molecule has 0 rings (SSSR count). The van der Waals surface area contributed by atoms with Gasteiger partial charge in [0, 0.05) is 30.6 Å². The molecule has 0 spiro atoms. The summed E-state index contributed by atoms with van der Waals surface area (Å²) in [6.07, 6.45) is 1.07. The fourth-order valence-electron chi connectivity index (χ4n) is 2.36. The van der Waals surface area contributed by atoms with Crippen LogP contribution in [-0.2, 0) is 9.53 Å². The fourth-order valence-corrected chi connectivity index (χ4v) is 2.36. The van der Waals surface area contributed by atoms with Crippen LogP contribution in [0.5, 0.6) is 0 Å². The standard InChI is InChI=1S/C18H37N3O3/c1-9-15(20-17(23)24-18(5,6)7)11-21(8)13(3)16(19)10-12(2)14(4)22/h12-13,15-16H,9-11,19H2,1-8H3,(H,20,23)/t12-,13?,15?,16-/m1/s1. The first-order valence-corrected chi connectivity index (χ1v) is 8.83. The van der Waals surface area contributed by atoms with Gasteiger partial charge in [0.15, 0.2) is 0 Å².